The third kappa shape index (κ3) is 3.94. The highest BCUT2D eigenvalue weighted by Gasteiger charge is 2.21. The fraction of sp³-hybridized carbons (Fsp3) is 0.583. The molecule has 100 valence electrons. The molecule has 0 saturated heterocycles. The first-order valence-corrected chi connectivity index (χ1v) is 7.82. The molecule has 1 saturated carbocycles. The first-order chi connectivity index (χ1) is 8.55. The van der Waals surface area contributed by atoms with Gasteiger partial charge in [-0.25, -0.2) is 13.4 Å². The summed E-state index contributed by atoms with van der Waals surface area (Å²) in [5.74, 6) is -0.237. The third-order valence-corrected chi connectivity index (χ3v) is 4.64. The summed E-state index contributed by atoms with van der Waals surface area (Å²) < 4.78 is 38.9. The quantitative estimate of drug-likeness (QED) is 0.857. The van der Waals surface area contributed by atoms with Crippen LogP contribution in [0.15, 0.2) is 18.3 Å². The van der Waals surface area contributed by atoms with E-state index in [1.807, 2.05) is 0 Å². The number of pyridine rings is 1. The monoisotopic (exact) mass is 272 g/mol. The van der Waals surface area contributed by atoms with E-state index in [0.29, 0.717) is 5.69 Å². The number of aromatic nitrogens is 1. The predicted molar refractivity (Wildman–Crippen MR) is 68.2 cm³/mol. The molecule has 0 bridgehead atoms. The Bertz CT molecular complexity index is 481. The van der Waals surface area contributed by atoms with E-state index in [1.165, 1.54) is 18.7 Å². The largest absolute Gasteiger partial charge is 0.282 e. The average molecular weight is 272 g/mol. The van der Waals surface area contributed by atoms with Gasteiger partial charge in [0.25, 0.3) is 0 Å². The van der Waals surface area contributed by atoms with Gasteiger partial charge in [0.15, 0.2) is 0 Å². The molecule has 6 heteroatoms. The summed E-state index contributed by atoms with van der Waals surface area (Å²) in [5, 5.41) is 0. The molecule has 2 rings (SSSR count). The molecular formula is C12H17FN2O2S. The van der Waals surface area contributed by atoms with Gasteiger partial charge in [-0.15, -0.1) is 0 Å². The van der Waals surface area contributed by atoms with Gasteiger partial charge in [-0.3, -0.25) is 4.72 Å². The molecule has 4 nitrogen and oxygen atoms in total. The van der Waals surface area contributed by atoms with E-state index in [2.05, 4.69) is 9.71 Å². The van der Waals surface area contributed by atoms with Gasteiger partial charge in [0.1, 0.15) is 0 Å². The zero-order chi connectivity index (χ0) is 13.0. The van der Waals surface area contributed by atoms with Crippen molar-refractivity contribution >= 4 is 15.7 Å². The van der Waals surface area contributed by atoms with E-state index < -0.39 is 16.0 Å². The van der Waals surface area contributed by atoms with Gasteiger partial charge in [0.05, 0.1) is 17.6 Å². The molecule has 0 unspecified atom stereocenters. The summed E-state index contributed by atoms with van der Waals surface area (Å²) in [6, 6.07) is 2.51. The van der Waals surface area contributed by atoms with Crippen molar-refractivity contribution in [2.75, 3.05) is 10.5 Å². The highest BCUT2D eigenvalue weighted by atomic mass is 32.2. The van der Waals surface area contributed by atoms with Crippen LogP contribution in [-0.4, -0.2) is 19.2 Å². The topological polar surface area (TPSA) is 59.1 Å². The van der Waals surface area contributed by atoms with Crippen molar-refractivity contribution in [3.8, 4) is 0 Å². The zero-order valence-corrected chi connectivity index (χ0v) is 10.9. The van der Waals surface area contributed by atoms with Crippen molar-refractivity contribution < 1.29 is 12.8 Å². The maximum Gasteiger partial charge on any atom is 0.233 e. The maximum absolute atomic E-state index is 12.6. The number of nitrogens with one attached hydrogen (secondary N) is 1. The highest BCUT2D eigenvalue weighted by Crippen LogP contribution is 2.25. The Balaban J connectivity index is 1.96. The lowest BCUT2D eigenvalue weighted by atomic mass is 9.91. The highest BCUT2D eigenvalue weighted by molar-refractivity contribution is 7.92. The van der Waals surface area contributed by atoms with Crippen LogP contribution in [0, 0.1) is 11.9 Å². The van der Waals surface area contributed by atoms with E-state index >= 15 is 0 Å². The number of hydrogen-bond donors (Lipinski definition) is 1. The summed E-state index contributed by atoms with van der Waals surface area (Å²) in [6.45, 7) is 0. The van der Waals surface area contributed by atoms with Crippen LogP contribution >= 0.6 is 0 Å². The van der Waals surface area contributed by atoms with Gasteiger partial charge in [0, 0.05) is 0 Å². The van der Waals surface area contributed by atoms with Crippen molar-refractivity contribution in [3.63, 3.8) is 0 Å². The van der Waals surface area contributed by atoms with Crippen LogP contribution in [0.25, 0.3) is 0 Å². The molecule has 0 atom stereocenters. The Hall–Kier alpha value is -1.17. The first-order valence-electron chi connectivity index (χ1n) is 6.17. The molecule has 0 aliphatic heterocycles. The van der Waals surface area contributed by atoms with Gasteiger partial charge in [-0.1, -0.05) is 19.3 Å². The molecule has 1 heterocycles. The molecule has 1 aliphatic rings. The van der Waals surface area contributed by atoms with Crippen LogP contribution in [0.2, 0.25) is 0 Å². The second-order valence-corrected chi connectivity index (χ2v) is 6.52. The molecule has 1 fully saturated rings. The van der Waals surface area contributed by atoms with Crippen LogP contribution in [-0.2, 0) is 10.0 Å². The lowest BCUT2D eigenvalue weighted by molar-refractivity contribution is 0.385. The number of hydrogen-bond acceptors (Lipinski definition) is 3. The van der Waals surface area contributed by atoms with Gasteiger partial charge < -0.3 is 0 Å². The third-order valence-electron chi connectivity index (χ3n) is 3.18. The Morgan fingerprint density at radius 2 is 2.00 bits per heavy atom. The Morgan fingerprint density at radius 3 is 2.61 bits per heavy atom. The summed E-state index contributed by atoms with van der Waals surface area (Å²) in [6.07, 6.45) is 6.56. The number of nitrogens with zero attached hydrogens (tertiary/aromatic N) is 1. The van der Waals surface area contributed by atoms with Crippen molar-refractivity contribution in [2.24, 2.45) is 5.92 Å². The summed E-state index contributed by atoms with van der Waals surface area (Å²) >= 11 is 0. The molecule has 1 aromatic rings. The van der Waals surface area contributed by atoms with Crippen molar-refractivity contribution in [1.29, 1.82) is 0 Å². The van der Waals surface area contributed by atoms with Crippen LogP contribution < -0.4 is 4.72 Å². The van der Waals surface area contributed by atoms with Gasteiger partial charge in [-0.05, 0) is 30.9 Å². The maximum atomic E-state index is 12.6. The standard InChI is InChI=1S/C12H17FN2O2S/c13-12-7-6-11(8-14-12)15-18(16,17)9-10-4-2-1-3-5-10/h6-8,10,15H,1-5,9H2. The normalized spacial score (nSPS) is 17.6. The van der Waals surface area contributed by atoms with Crippen LogP contribution in [0.5, 0.6) is 0 Å². The van der Waals surface area contributed by atoms with Gasteiger partial charge in [-0.2, -0.15) is 4.39 Å². The minimum Gasteiger partial charge on any atom is -0.282 e. The Morgan fingerprint density at radius 1 is 1.28 bits per heavy atom. The molecule has 18 heavy (non-hydrogen) atoms. The average Bonchev–Trinajstić information content (AvgIpc) is 2.32. The van der Waals surface area contributed by atoms with E-state index in [1.54, 1.807) is 0 Å². The molecular weight excluding hydrogens is 255 g/mol. The minimum absolute atomic E-state index is 0.143. The molecule has 1 N–H and O–H groups in total. The first kappa shape index (κ1) is 13.3. The van der Waals surface area contributed by atoms with Crippen LogP contribution in [0.4, 0.5) is 10.1 Å². The summed E-state index contributed by atoms with van der Waals surface area (Å²) in [4.78, 5) is 3.42. The summed E-state index contributed by atoms with van der Waals surface area (Å²) in [7, 11) is -3.36. The molecule has 0 aromatic carbocycles. The molecule has 0 spiro atoms. The van der Waals surface area contributed by atoms with Crippen LogP contribution in [0.3, 0.4) is 0 Å². The molecule has 1 aliphatic carbocycles. The van der Waals surface area contributed by atoms with E-state index in [0.717, 1.165) is 31.7 Å². The second-order valence-electron chi connectivity index (χ2n) is 4.76. The Kier molecular flexibility index (Phi) is 4.16. The van der Waals surface area contributed by atoms with E-state index in [-0.39, 0.29) is 11.7 Å². The number of rotatable bonds is 4. The van der Waals surface area contributed by atoms with E-state index in [4.69, 9.17) is 0 Å². The summed E-state index contributed by atoms with van der Waals surface area (Å²) in [5.41, 5.74) is 0.312. The fourth-order valence-electron chi connectivity index (χ4n) is 2.32. The number of halogens is 1. The van der Waals surface area contributed by atoms with Gasteiger partial charge in [0.2, 0.25) is 16.0 Å². The predicted octanol–water partition coefficient (Wildman–Crippen LogP) is 2.54. The number of sulfonamides is 1. The zero-order valence-electron chi connectivity index (χ0n) is 10.1. The molecule has 0 radical (unpaired) electrons. The SMILES string of the molecule is O=S(=O)(CC1CCCCC1)Nc1ccc(F)nc1. The molecule has 1 aromatic heterocycles. The second kappa shape index (κ2) is 5.65. The molecule has 0 amide bonds. The lowest BCUT2D eigenvalue weighted by Gasteiger charge is -2.21. The van der Waals surface area contributed by atoms with Gasteiger partial charge >= 0.3 is 0 Å². The van der Waals surface area contributed by atoms with Crippen molar-refractivity contribution in [3.05, 3.63) is 24.3 Å². The van der Waals surface area contributed by atoms with Crippen LogP contribution in [0.1, 0.15) is 32.1 Å². The minimum atomic E-state index is -3.36. The number of anilines is 1. The van der Waals surface area contributed by atoms with E-state index in [9.17, 15) is 12.8 Å². The fourth-order valence-corrected chi connectivity index (χ4v) is 3.84. The van der Waals surface area contributed by atoms with Crippen molar-refractivity contribution in [2.45, 2.75) is 32.1 Å². The lowest BCUT2D eigenvalue weighted by Crippen LogP contribution is -2.24. The Labute approximate surface area is 107 Å². The van der Waals surface area contributed by atoms with Crippen molar-refractivity contribution in [1.82, 2.24) is 4.98 Å². The smallest absolute Gasteiger partial charge is 0.233 e.